The zero-order valence-corrected chi connectivity index (χ0v) is 14.6. The summed E-state index contributed by atoms with van der Waals surface area (Å²) in [4.78, 5) is 23.2. The van der Waals surface area contributed by atoms with Crippen molar-refractivity contribution in [1.82, 2.24) is 9.97 Å². The lowest BCUT2D eigenvalue weighted by atomic mass is 10.2. The lowest BCUT2D eigenvalue weighted by molar-refractivity contribution is -0.916. The molecule has 1 aliphatic heterocycles. The van der Waals surface area contributed by atoms with E-state index in [1.165, 1.54) is 10.4 Å². The number of aryl methyl sites for hydroxylation is 2. The number of H-pyrrole nitrogens is 1. The molecule has 1 fully saturated rings. The second-order valence-corrected chi connectivity index (χ2v) is 9.99. The molecule has 124 valence electrons. The number of nitrogens with zero attached hydrogens (tertiary/aromatic N) is 1. The number of hydrogen-bond acceptors (Lipinski definition) is 5. The lowest BCUT2D eigenvalue weighted by Gasteiger charge is -2.19. The molecule has 0 aromatic carbocycles. The average Bonchev–Trinajstić information content (AvgIpc) is 3.11. The van der Waals surface area contributed by atoms with Gasteiger partial charge in [-0.3, -0.25) is 4.79 Å². The standard InChI is InChI=1S/C15H19N3O3S2/c1-18(9-5-6-23(20,21)8-9)7-12-16-14(19)13-10-3-2-4-11(10)22-15(13)17-12/h9H,2-8H2,1H3,(H,16,17,19)/p+1/t9-/m1/s1. The number of quaternary nitrogens is 1. The molecule has 0 saturated carbocycles. The zero-order chi connectivity index (χ0) is 16.2. The van der Waals surface area contributed by atoms with Crippen molar-refractivity contribution in [1.29, 1.82) is 0 Å². The van der Waals surface area contributed by atoms with Crippen LogP contribution in [0.1, 0.15) is 29.1 Å². The van der Waals surface area contributed by atoms with Gasteiger partial charge >= 0.3 is 0 Å². The van der Waals surface area contributed by atoms with Crippen molar-refractivity contribution in [3.8, 4) is 0 Å². The van der Waals surface area contributed by atoms with E-state index in [0.29, 0.717) is 18.8 Å². The molecule has 1 aliphatic carbocycles. The van der Waals surface area contributed by atoms with Gasteiger partial charge in [-0.2, -0.15) is 0 Å². The van der Waals surface area contributed by atoms with Crippen molar-refractivity contribution >= 4 is 31.4 Å². The number of fused-ring (bicyclic) bond motifs is 3. The SMILES string of the molecule is C[NH+](Cc1nc2sc3c(c2c(=O)[nH]1)CCC3)[C@@H]1CCS(=O)(=O)C1. The van der Waals surface area contributed by atoms with Gasteiger partial charge < -0.3 is 9.88 Å². The molecule has 2 aromatic heterocycles. The number of rotatable bonds is 3. The zero-order valence-electron chi connectivity index (χ0n) is 13.0. The quantitative estimate of drug-likeness (QED) is 0.791. The molecule has 2 aliphatic rings. The monoisotopic (exact) mass is 354 g/mol. The summed E-state index contributed by atoms with van der Waals surface area (Å²) >= 11 is 1.64. The van der Waals surface area contributed by atoms with E-state index >= 15 is 0 Å². The Morgan fingerprint density at radius 3 is 2.96 bits per heavy atom. The number of thiophene rings is 1. The first kappa shape index (κ1) is 15.3. The Morgan fingerprint density at radius 2 is 2.22 bits per heavy atom. The Labute approximate surface area is 138 Å². The predicted molar refractivity (Wildman–Crippen MR) is 89.9 cm³/mol. The minimum Gasteiger partial charge on any atom is -0.328 e. The molecule has 2 aromatic rings. The molecule has 2 atom stereocenters. The molecule has 2 N–H and O–H groups in total. The van der Waals surface area contributed by atoms with Crippen LogP contribution < -0.4 is 10.5 Å². The maximum Gasteiger partial charge on any atom is 0.260 e. The van der Waals surface area contributed by atoms with Crippen molar-refractivity contribution in [2.75, 3.05) is 18.6 Å². The topological polar surface area (TPSA) is 84.3 Å². The molecule has 0 amide bonds. The number of aromatic amines is 1. The summed E-state index contributed by atoms with van der Waals surface area (Å²) in [5.74, 6) is 1.16. The number of nitrogens with one attached hydrogen (secondary N) is 2. The fraction of sp³-hybridized carbons (Fsp3) is 0.600. The van der Waals surface area contributed by atoms with Gasteiger partial charge in [-0.1, -0.05) is 0 Å². The number of sulfone groups is 1. The Hall–Kier alpha value is -1.25. The van der Waals surface area contributed by atoms with Crippen LogP contribution in [0.2, 0.25) is 0 Å². The molecule has 8 heteroatoms. The van der Waals surface area contributed by atoms with E-state index in [2.05, 4.69) is 9.97 Å². The van der Waals surface area contributed by atoms with Gasteiger partial charge in [0.25, 0.3) is 5.56 Å². The van der Waals surface area contributed by atoms with Crippen LogP contribution in [0.3, 0.4) is 0 Å². The average molecular weight is 354 g/mol. The lowest BCUT2D eigenvalue weighted by Crippen LogP contribution is -3.12. The van der Waals surface area contributed by atoms with Gasteiger partial charge in [-0.15, -0.1) is 11.3 Å². The van der Waals surface area contributed by atoms with Crippen LogP contribution >= 0.6 is 11.3 Å². The summed E-state index contributed by atoms with van der Waals surface area (Å²) in [6.45, 7) is 0.550. The molecule has 1 saturated heterocycles. The summed E-state index contributed by atoms with van der Waals surface area (Å²) in [6.07, 6.45) is 3.84. The van der Waals surface area contributed by atoms with E-state index in [0.717, 1.165) is 34.4 Å². The van der Waals surface area contributed by atoms with Crippen LogP contribution in [0.4, 0.5) is 0 Å². The predicted octanol–water partition coefficient (Wildman–Crippen LogP) is -0.325. The van der Waals surface area contributed by atoms with Crippen LogP contribution in [-0.2, 0) is 29.2 Å². The minimum absolute atomic E-state index is 0.0451. The van der Waals surface area contributed by atoms with Crippen molar-refractivity contribution < 1.29 is 13.3 Å². The number of hydrogen-bond donors (Lipinski definition) is 2. The highest BCUT2D eigenvalue weighted by Crippen LogP contribution is 2.34. The van der Waals surface area contributed by atoms with E-state index in [-0.39, 0.29) is 23.1 Å². The van der Waals surface area contributed by atoms with Gasteiger partial charge in [0, 0.05) is 11.3 Å². The molecule has 1 unspecified atom stereocenters. The summed E-state index contributed by atoms with van der Waals surface area (Å²) in [6, 6.07) is 0.0920. The van der Waals surface area contributed by atoms with Gasteiger partial charge in [-0.05, 0) is 24.8 Å². The Morgan fingerprint density at radius 1 is 1.39 bits per heavy atom. The van der Waals surface area contributed by atoms with E-state index in [9.17, 15) is 13.2 Å². The van der Waals surface area contributed by atoms with Crippen molar-refractivity contribution in [3.05, 3.63) is 26.6 Å². The first-order valence-electron chi connectivity index (χ1n) is 7.99. The highest BCUT2D eigenvalue weighted by Gasteiger charge is 2.34. The van der Waals surface area contributed by atoms with Crippen molar-refractivity contribution in [3.63, 3.8) is 0 Å². The third-order valence-corrected chi connectivity index (χ3v) is 7.95. The van der Waals surface area contributed by atoms with Gasteiger partial charge in [-0.25, -0.2) is 13.4 Å². The second-order valence-electron chi connectivity index (χ2n) is 6.67. The van der Waals surface area contributed by atoms with E-state index < -0.39 is 9.84 Å². The van der Waals surface area contributed by atoms with Crippen LogP contribution in [-0.4, -0.2) is 43.0 Å². The van der Waals surface area contributed by atoms with Crippen LogP contribution in [0.15, 0.2) is 4.79 Å². The molecular weight excluding hydrogens is 334 g/mol. The first-order valence-corrected chi connectivity index (χ1v) is 10.6. The van der Waals surface area contributed by atoms with Crippen molar-refractivity contribution in [2.45, 2.75) is 38.3 Å². The molecule has 0 bridgehead atoms. The van der Waals surface area contributed by atoms with E-state index in [4.69, 9.17) is 0 Å². The fourth-order valence-electron chi connectivity index (χ4n) is 3.72. The second kappa shape index (κ2) is 5.39. The maximum absolute atomic E-state index is 12.4. The number of aromatic nitrogens is 2. The van der Waals surface area contributed by atoms with Crippen molar-refractivity contribution in [2.24, 2.45) is 0 Å². The normalized spacial score (nSPS) is 24.1. The minimum atomic E-state index is -2.88. The Kier molecular flexibility index (Phi) is 3.58. The Balaban J connectivity index is 1.61. The van der Waals surface area contributed by atoms with Gasteiger partial charge in [0.05, 0.1) is 18.2 Å². The molecule has 0 spiro atoms. The van der Waals surface area contributed by atoms with Gasteiger partial charge in [0.2, 0.25) is 0 Å². The maximum atomic E-state index is 12.4. The summed E-state index contributed by atoms with van der Waals surface area (Å²) in [7, 11) is -0.908. The molecule has 23 heavy (non-hydrogen) atoms. The highest BCUT2D eigenvalue weighted by atomic mass is 32.2. The summed E-state index contributed by atoms with van der Waals surface area (Å²) in [5.41, 5.74) is 1.14. The largest absolute Gasteiger partial charge is 0.328 e. The Bertz CT molecular complexity index is 929. The molecule has 4 rings (SSSR count). The third kappa shape index (κ3) is 2.72. The van der Waals surface area contributed by atoms with Crippen LogP contribution in [0, 0.1) is 0 Å². The fourth-order valence-corrected chi connectivity index (χ4v) is 6.88. The van der Waals surface area contributed by atoms with Gasteiger partial charge in [0.15, 0.2) is 15.7 Å². The van der Waals surface area contributed by atoms with Gasteiger partial charge in [0.1, 0.15) is 23.2 Å². The van der Waals surface area contributed by atoms with Crippen LogP contribution in [0.25, 0.3) is 10.2 Å². The first-order chi connectivity index (χ1) is 10.9. The van der Waals surface area contributed by atoms with E-state index in [1.54, 1.807) is 11.3 Å². The van der Waals surface area contributed by atoms with Crippen LogP contribution in [0.5, 0.6) is 0 Å². The molecular formula is C15H20N3O3S2+. The molecule has 3 heterocycles. The van der Waals surface area contributed by atoms with E-state index in [1.807, 2.05) is 7.05 Å². The smallest absolute Gasteiger partial charge is 0.260 e. The highest BCUT2D eigenvalue weighted by molar-refractivity contribution is 7.91. The molecule has 6 nitrogen and oxygen atoms in total. The third-order valence-electron chi connectivity index (χ3n) is 5.00. The summed E-state index contributed by atoms with van der Waals surface area (Å²) in [5, 5.41) is 0.771. The summed E-state index contributed by atoms with van der Waals surface area (Å²) < 4.78 is 23.2. The molecule has 0 radical (unpaired) electrons.